The van der Waals surface area contributed by atoms with Gasteiger partial charge in [0.2, 0.25) is 0 Å². The molecular formula is C15H15NO3S. The number of rotatable bonds is 4. The number of ether oxygens (including phenoxy) is 1. The summed E-state index contributed by atoms with van der Waals surface area (Å²) in [5.41, 5.74) is 2.46. The van der Waals surface area contributed by atoms with Gasteiger partial charge in [-0.15, -0.1) is 11.3 Å². The predicted octanol–water partition coefficient (Wildman–Crippen LogP) is 3.62. The van der Waals surface area contributed by atoms with Gasteiger partial charge in [-0.25, -0.2) is 9.78 Å². The van der Waals surface area contributed by atoms with E-state index in [2.05, 4.69) is 4.98 Å². The van der Waals surface area contributed by atoms with Gasteiger partial charge in [0.15, 0.2) is 0 Å². The van der Waals surface area contributed by atoms with Crippen molar-refractivity contribution < 1.29 is 14.6 Å². The maximum Gasteiger partial charge on any atom is 0.328 e. The summed E-state index contributed by atoms with van der Waals surface area (Å²) in [6.45, 7) is 3.70. The minimum absolute atomic E-state index is 0.703. The smallest absolute Gasteiger partial charge is 0.328 e. The van der Waals surface area contributed by atoms with Crippen molar-refractivity contribution in [1.82, 2.24) is 4.98 Å². The fourth-order valence-electron chi connectivity index (χ4n) is 1.89. The van der Waals surface area contributed by atoms with E-state index in [-0.39, 0.29) is 0 Å². The SMILES string of the molecule is COc1ccc(-c2nc(C)sc2/C(C)=C/C(=O)O)cc1. The molecule has 0 fully saturated rings. The lowest BCUT2D eigenvalue weighted by atomic mass is 10.1. The second kappa shape index (κ2) is 5.88. The number of carbonyl (C=O) groups is 1. The number of benzene rings is 1. The first-order valence-corrected chi connectivity index (χ1v) is 6.86. The lowest BCUT2D eigenvalue weighted by molar-refractivity contribution is -0.131. The highest BCUT2D eigenvalue weighted by Gasteiger charge is 2.13. The zero-order valence-corrected chi connectivity index (χ0v) is 12.3. The van der Waals surface area contributed by atoms with Gasteiger partial charge in [-0.1, -0.05) is 0 Å². The fourth-order valence-corrected chi connectivity index (χ4v) is 2.80. The molecule has 5 heteroatoms. The maximum absolute atomic E-state index is 10.8. The Labute approximate surface area is 121 Å². The van der Waals surface area contributed by atoms with E-state index in [1.54, 1.807) is 14.0 Å². The lowest BCUT2D eigenvalue weighted by Crippen LogP contribution is -1.90. The average Bonchev–Trinajstić information content (AvgIpc) is 2.80. The molecule has 2 rings (SSSR count). The van der Waals surface area contributed by atoms with Crippen molar-refractivity contribution in [1.29, 1.82) is 0 Å². The van der Waals surface area contributed by atoms with Gasteiger partial charge in [0.05, 0.1) is 22.7 Å². The number of aromatic nitrogens is 1. The Balaban J connectivity index is 2.48. The molecule has 4 nitrogen and oxygen atoms in total. The van der Waals surface area contributed by atoms with Crippen molar-refractivity contribution in [2.24, 2.45) is 0 Å². The molecule has 0 aliphatic carbocycles. The lowest BCUT2D eigenvalue weighted by Gasteiger charge is -2.04. The minimum atomic E-state index is -0.950. The predicted molar refractivity (Wildman–Crippen MR) is 80.1 cm³/mol. The molecule has 2 aromatic rings. The number of allylic oxidation sites excluding steroid dienone is 1. The molecule has 1 aromatic heterocycles. The van der Waals surface area contributed by atoms with E-state index in [9.17, 15) is 4.79 Å². The molecule has 0 saturated heterocycles. The molecule has 0 saturated carbocycles. The molecule has 0 radical (unpaired) electrons. The van der Waals surface area contributed by atoms with Gasteiger partial charge < -0.3 is 9.84 Å². The van der Waals surface area contributed by atoms with Gasteiger partial charge in [0.25, 0.3) is 0 Å². The van der Waals surface area contributed by atoms with Crippen molar-refractivity contribution in [2.75, 3.05) is 7.11 Å². The van der Waals surface area contributed by atoms with Crippen LogP contribution in [-0.4, -0.2) is 23.2 Å². The molecule has 0 amide bonds. The largest absolute Gasteiger partial charge is 0.497 e. The summed E-state index contributed by atoms with van der Waals surface area (Å²) >= 11 is 1.50. The van der Waals surface area contributed by atoms with E-state index in [1.807, 2.05) is 31.2 Å². The number of hydrogen-bond acceptors (Lipinski definition) is 4. The Morgan fingerprint density at radius 2 is 2.00 bits per heavy atom. The molecule has 1 N–H and O–H groups in total. The number of carboxylic acids is 1. The van der Waals surface area contributed by atoms with Gasteiger partial charge >= 0.3 is 5.97 Å². The van der Waals surface area contributed by atoms with Gasteiger partial charge in [-0.3, -0.25) is 0 Å². The summed E-state index contributed by atoms with van der Waals surface area (Å²) < 4.78 is 5.13. The summed E-state index contributed by atoms with van der Waals surface area (Å²) in [7, 11) is 1.62. The number of aliphatic carboxylic acids is 1. The van der Waals surface area contributed by atoms with Crippen LogP contribution in [0.25, 0.3) is 16.8 Å². The van der Waals surface area contributed by atoms with E-state index in [4.69, 9.17) is 9.84 Å². The van der Waals surface area contributed by atoms with Crippen molar-refractivity contribution in [3.05, 3.63) is 40.2 Å². The highest BCUT2D eigenvalue weighted by molar-refractivity contribution is 7.13. The third kappa shape index (κ3) is 3.05. The van der Waals surface area contributed by atoms with E-state index in [0.717, 1.165) is 26.9 Å². The second-order valence-electron chi connectivity index (χ2n) is 4.30. The number of methoxy groups -OCH3 is 1. The van der Waals surface area contributed by atoms with E-state index in [1.165, 1.54) is 17.4 Å². The van der Waals surface area contributed by atoms with Gasteiger partial charge in [0, 0.05) is 11.6 Å². The van der Waals surface area contributed by atoms with Crippen LogP contribution >= 0.6 is 11.3 Å². The molecular weight excluding hydrogens is 274 g/mol. The van der Waals surface area contributed by atoms with Crippen LogP contribution in [0.2, 0.25) is 0 Å². The zero-order chi connectivity index (χ0) is 14.7. The van der Waals surface area contributed by atoms with Crippen LogP contribution in [0.4, 0.5) is 0 Å². The summed E-state index contributed by atoms with van der Waals surface area (Å²) in [5.74, 6) is -0.172. The monoisotopic (exact) mass is 289 g/mol. The quantitative estimate of drug-likeness (QED) is 0.873. The highest BCUT2D eigenvalue weighted by Crippen LogP contribution is 2.33. The highest BCUT2D eigenvalue weighted by atomic mass is 32.1. The Kier molecular flexibility index (Phi) is 4.20. The van der Waals surface area contributed by atoms with Crippen molar-refractivity contribution in [2.45, 2.75) is 13.8 Å². The molecule has 104 valence electrons. The normalized spacial score (nSPS) is 11.4. The maximum atomic E-state index is 10.8. The third-order valence-corrected chi connectivity index (χ3v) is 3.90. The van der Waals surface area contributed by atoms with Crippen LogP contribution in [0.1, 0.15) is 16.8 Å². The first-order valence-electron chi connectivity index (χ1n) is 6.04. The Morgan fingerprint density at radius 1 is 1.35 bits per heavy atom. The Hall–Kier alpha value is -2.14. The summed E-state index contributed by atoms with van der Waals surface area (Å²) in [6, 6.07) is 7.57. The van der Waals surface area contributed by atoms with Crippen LogP contribution in [-0.2, 0) is 4.79 Å². The van der Waals surface area contributed by atoms with Gasteiger partial charge in [-0.2, -0.15) is 0 Å². The molecule has 0 aliphatic rings. The minimum Gasteiger partial charge on any atom is -0.497 e. The fraction of sp³-hybridized carbons (Fsp3) is 0.200. The molecule has 20 heavy (non-hydrogen) atoms. The summed E-state index contributed by atoms with van der Waals surface area (Å²) in [5, 5.41) is 9.78. The van der Waals surface area contributed by atoms with Crippen molar-refractivity contribution in [3.63, 3.8) is 0 Å². The van der Waals surface area contributed by atoms with Crippen molar-refractivity contribution >= 4 is 22.9 Å². The van der Waals surface area contributed by atoms with Crippen LogP contribution < -0.4 is 4.74 Å². The molecule has 0 atom stereocenters. The number of hydrogen-bond donors (Lipinski definition) is 1. The molecule has 0 aliphatic heterocycles. The average molecular weight is 289 g/mol. The van der Waals surface area contributed by atoms with Crippen LogP contribution in [0.15, 0.2) is 30.3 Å². The molecule has 1 heterocycles. The molecule has 0 unspecified atom stereocenters. The molecule has 0 bridgehead atoms. The van der Waals surface area contributed by atoms with E-state index >= 15 is 0 Å². The summed E-state index contributed by atoms with van der Waals surface area (Å²) in [6.07, 6.45) is 1.21. The van der Waals surface area contributed by atoms with Crippen molar-refractivity contribution in [3.8, 4) is 17.0 Å². The van der Waals surface area contributed by atoms with E-state index in [0.29, 0.717) is 5.57 Å². The molecule has 0 spiro atoms. The first-order chi connectivity index (χ1) is 9.51. The molecule has 1 aromatic carbocycles. The van der Waals surface area contributed by atoms with Gasteiger partial charge in [-0.05, 0) is 43.7 Å². The number of aryl methyl sites for hydroxylation is 1. The Bertz CT molecular complexity index is 656. The first kappa shape index (κ1) is 14.3. The number of thiazole rings is 1. The standard InChI is InChI=1S/C15H15NO3S/c1-9(8-13(17)18)15-14(16-10(2)20-15)11-4-6-12(19-3)7-5-11/h4-8H,1-3H3,(H,17,18)/b9-8+. The van der Waals surface area contributed by atoms with Crippen LogP contribution in [0.5, 0.6) is 5.75 Å². The topological polar surface area (TPSA) is 59.4 Å². The zero-order valence-electron chi connectivity index (χ0n) is 11.5. The number of carboxylic acid groups (broad SMARTS) is 1. The second-order valence-corrected chi connectivity index (χ2v) is 5.51. The van der Waals surface area contributed by atoms with Crippen LogP contribution in [0, 0.1) is 6.92 Å². The number of nitrogens with zero attached hydrogens (tertiary/aromatic N) is 1. The third-order valence-electron chi connectivity index (χ3n) is 2.80. The van der Waals surface area contributed by atoms with E-state index < -0.39 is 5.97 Å². The summed E-state index contributed by atoms with van der Waals surface area (Å²) in [4.78, 5) is 16.2. The van der Waals surface area contributed by atoms with Crippen LogP contribution in [0.3, 0.4) is 0 Å². The Morgan fingerprint density at radius 3 is 2.55 bits per heavy atom. The van der Waals surface area contributed by atoms with Gasteiger partial charge in [0.1, 0.15) is 5.75 Å².